The predicted molar refractivity (Wildman–Crippen MR) is 99.7 cm³/mol. The van der Waals surface area contributed by atoms with Gasteiger partial charge < -0.3 is 15.8 Å². The van der Waals surface area contributed by atoms with Crippen molar-refractivity contribution in [1.29, 1.82) is 0 Å². The Bertz CT molecular complexity index is 752. The van der Waals surface area contributed by atoms with Crippen LogP contribution in [0.1, 0.15) is 41.6 Å². The fraction of sp³-hybridized carbons (Fsp3) is 0.381. The van der Waals surface area contributed by atoms with E-state index in [1.54, 1.807) is 0 Å². The van der Waals surface area contributed by atoms with Crippen LogP contribution < -0.4 is 15.8 Å². The van der Waals surface area contributed by atoms with Crippen LogP contribution >= 0.6 is 0 Å². The van der Waals surface area contributed by atoms with Crippen LogP contribution in [0.3, 0.4) is 0 Å². The van der Waals surface area contributed by atoms with E-state index in [9.17, 15) is 13.6 Å². The molecule has 1 aliphatic rings. The smallest absolute Gasteiger partial charge is 0.251 e. The number of nitrogens with one attached hydrogen (secondary N) is 1. The molecule has 0 aliphatic heterocycles. The van der Waals surface area contributed by atoms with Gasteiger partial charge in [0.1, 0.15) is 17.4 Å². The fourth-order valence-electron chi connectivity index (χ4n) is 3.37. The predicted octanol–water partition coefficient (Wildman–Crippen LogP) is 3.59. The van der Waals surface area contributed by atoms with E-state index in [0.717, 1.165) is 43.7 Å². The topological polar surface area (TPSA) is 64.4 Å². The molecule has 0 heterocycles. The van der Waals surface area contributed by atoms with Crippen LogP contribution in [-0.2, 0) is 6.42 Å². The Morgan fingerprint density at radius 2 is 1.67 bits per heavy atom. The minimum absolute atomic E-state index is 0.0744. The van der Waals surface area contributed by atoms with Gasteiger partial charge in [0.25, 0.3) is 5.91 Å². The maximum absolute atomic E-state index is 13.2. The van der Waals surface area contributed by atoms with Crippen LogP contribution in [0, 0.1) is 11.6 Å². The quantitative estimate of drug-likeness (QED) is 0.812. The van der Waals surface area contributed by atoms with Crippen molar-refractivity contribution in [2.75, 3.05) is 6.54 Å². The molecule has 0 unspecified atom stereocenters. The SMILES string of the molecule is NCCc1ccc(C(=O)NC2CCC(Oc3cc(F)cc(F)c3)CC2)cc1. The molecule has 1 aliphatic carbocycles. The molecule has 3 rings (SSSR count). The maximum Gasteiger partial charge on any atom is 0.251 e. The Morgan fingerprint density at radius 1 is 1.04 bits per heavy atom. The summed E-state index contributed by atoms with van der Waals surface area (Å²) < 4.78 is 32.2. The number of ether oxygens (including phenoxy) is 1. The zero-order valence-corrected chi connectivity index (χ0v) is 15.1. The molecule has 4 nitrogen and oxygen atoms in total. The monoisotopic (exact) mass is 374 g/mol. The molecule has 0 radical (unpaired) electrons. The second-order valence-electron chi connectivity index (χ2n) is 6.91. The standard InChI is InChI=1S/C21H24F2N2O2/c22-16-11-17(23)13-20(12-16)27-19-7-5-18(6-8-19)25-21(26)15-3-1-14(2-4-15)9-10-24/h1-4,11-13,18-19H,5-10,24H2,(H,25,26). The zero-order chi connectivity index (χ0) is 19.2. The van der Waals surface area contributed by atoms with Gasteiger partial charge in [0.2, 0.25) is 0 Å². The molecule has 0 spiro atoms. The molecule has 0 saturated heterocycles. The van der Waals surface area contributed by atoms with E-state index in [0.29, 0.717) is 12.1 Å². The third-order valence-electron chi connectivity index (χ3n) is 4.80. The lowest BCUT2D eigenvalue weighted by Gasteiger charge is -2.29. The Labute approximate surface area is 157 Å². The summed E-state index contributed by atoms with van der Waals surface area (Å²) in [5, 5.41) is 3.05. The van der Waals surface area contributed by atoms with Crippen LogP contribution in [0.2, 0.25) is 0 Å². The minimum Gasteiger partial charge on any atom is -0.490 e. The average molecular weight is 374 g/mol. The van der Waals surface area contributed by atoms with Crippen LogP contribution in [-0.4, -0.2) is 24.6 Å². The van der Waals surface area contributed by atoms with Crippen LogP contribution in [0.15, 0.2) is 42.5 Å². The van der Waals surface area contributed by atoms with E-state index in [1.807, 2.05) is 24.3 Å². The van der Waals surface area contributed by atoms with Crippen LogP contribution in [0.25, 0.3) is 0 Å². The molecule has 144 valence electrons. The summed E-state index contributed by atoms with van der Waals surface area (Å²) in [4.78, 5) is 12.4. The van der Waals surface area contributed by atoms with Crippen molar-refractivity contribution < 1.29 is 18.3 Å². The Balaban J connectivity index is 1.48. The molecule has 1 amide bonds. The van der Waals surface area contributed by atoms with E-state index in [-0.39, 0.29) is 23.8 Å². The third-order valence-corrected chi connectivity index (χ3v) is 4.80. The summed E-state index contributed by atoms with van der Waals surface area (Å²) >= 11 is 0. The molecule has 0 bridgehead atoms. The first-order chi connectivity index (χ1) is 13.0. The molecule has 6 heteroatoms. The van der Waals surface area contributed by atoms with E-state index in [2.05, 4.69) is 5.32 Å². The average Bonchev–Trinajstić information content (AvgIpc) is 2.63. The van der Waals surface area contributed by atoms with Gasteiger partial charge in [-0.1, -0.05) is 12.1 Å². The number of hydrogen-bond acceptors (Lipinski definition) is 3. The first-order valence-corrected chi connectivity index (χ1v) is 9.26. The van der Waals surface area contributed by atoms with E-state index in [1.165, 1.54) is 12.1 Å². The molecular formula is C21H24F2N2O2. The van der Waals surface area contributed by atoms with Gasteiger partial charge in [-0.2, -0.15) is 0 Å². The summed E-state index contributed by atoms with van der Waals surface area (Å²) in [5.74, 6) is -1.18. The molecule has 0 aromatic heterocycles. The Morgan fingerprint density at radius 3 is 2.26 bits per heavy atom. The highest BCUT2D eigenvalue weighted by atomic mass is 19.1. The molecule has 3 N–H and O–H groups in total. The number of amides is 1. The highest BCUT2D eigenvalue weighted by Crippen LogP contribution is 2.25. The summed E-state index contributed by atoms with van der Waals surface area (Å²) in [6, 6.07) is 10.7. The van der Waals surface area contributed by atoms with Gasteiger partial charge in [0.15, 0.2) is 0 Å². The van der Waals surface area contributed by atoms with Crippen molar-refractivity contribution in [3.05, 3.63) is 65.2 Å². The van der Waals surface area contributed by atoms with Crippen molar-refractivity contribution in [1.82, 2.24) is 5.32 Å². The summed E-state index contributed by atoms with van der Waals surface area (Å²) in [6.45, 7) is 0.582. The lowest BCUT2D eigenvalue weighted by molar-refractivity contribution is 0.0893. The number of nitrogens with two attached hydrogens (primary N) is 1. The Kier molecular flexibility index (Phi) is 6.40. The van der Waals surface area contributed by atoms with Gasteiger partial charge in [-0.3, -0.25) is 4.79 Å². The van der Waals surface area contributed by atoms with Crippen molar-refractivity contribution >= 4 is 5.91 Å². The first kappa shape index (κ1) is 19.3. The van der Waals surface area contributed by atoms with Gasteiger partial charge in [-0.25, -0.2) is 8.78 Å². The second-order valence-corrected chi connectivity index (χ2v) is 6.91. The highest BCUT2D eigenvalue weighted by molar-refractivity contribution is 5.94. The molecule has 0 atom stereocenters. The van der Waals surface area contributed by atoms with Gasteiger partial charge in [-0.05, 0) is 56.3 Å². The summed E-state index contributed by atoms with van der Waals surface area (Å²) in [7, 11) is 0. The zero-order valence-electron chi connectivity index (χ0n) is 15.1. The largest absolute Gasteiger partial charge is 0.490 e. The molecule has 1 fully saturated rings. The van der Waals surface area contributed by atoms with E-state index >= 15 is 0 Å². The number of benzene rings is 2. The van der Waals surface area contributed by atoms with Crippen molar-refractivity contribution in [3.63, 3.8) is 0 Å². The normalized spacial score (nSPS) is 19.5. The van der Waals surface area contributed by atoms with Crippen molar-refractivity contribution in [2.24, 2.45) is 5.73 Å². The molecule has 27 heavy (non-hydrogen) atoms. The third kappa shape index (κ3) is 5.50. The van der Waals surface area contributed by atoms with E-state index < -0.39 is 11.6 Å². The summed E-state index contributed by atoms with van der Waals surface area (Å²) in [6.07, 6.45) is 3.66. The van der Waals surface area contributed by atoms with Crippen molar-refractivity contribution in [3.8, 4) is 5.75 Å². The van der Waals surface area contributed by atoms with Gasteiger partial charge in [0.05, 0.1) is 6.10 Å². The number of halogens is 2. The van der Waals surface area contributed by atoms with Crippen LogP contribution in [0.5, 0.6) is 5.75 Å². The molecule has 2 aromatic rings. The first-order valence-electron chi connectivity index (χ1n) is 9.26. The van der Waals surface area contributed by atoms with Crippen LogP contribution in [0.4, 0.5) is 8.78 Å². The number of carbonyl (C=O) groups is 1. The minimum atomic E-state index is -0.650. The van der Waals surface area contributed by atoms with Crippen molar-refractivity contribution in [2.45, 2.75) is 44.2 Å². The summed E-state index contributed by atoms with van der Waals surface area (Å²) in [5.41, 5.74) is 7.27. The number of hydrogen-bond donors (Lipinski definition) is 2. The molecular weight excluding hydrogens is 350 g/mol. The van der Waals surface area contributed by atoms with Gasteiger partial charge >= 0.3 is 0 Å². The second kappa shape index (κ2) is 8.95. The maximum atomic E-state index is 13.2. The lowest BCUT2D eigenvalue weighted by Crippen LogP contribution is -2.39. The Hall–Kier alpha value is -2.47. The van der Waals surface area contributed by atoms with Gasteiger partial charge in [0, 0.05) is 29.8 Å². The fourth-order valence-corrected chi connectivity index (χ4v) is 3.37. The van der Waals surface area contributed by atoms with E-state index in [4.69, 9.17) is 10.5 Å². The lowest BCUT2D eigenvalue weighted by atomic mass is 9.92. The molecule has 1 saturated carbocycles. The number of carbonyl (C=O) groups excluding carboxylic acids is 1. The highest BCUT2D eigenvalue weighted by Gasteiger charge is 2.24. The number of rotatable bonds is 6. The molecule has 2 aromatic carbocycles. The van der Waals surface area contributed by atoms with Gasteiger partial charge in [-0.15, -0.1) is 0 Å².